The first-order chi connectivity index (χ1) is 10.5. The van der Waals surface area contributed by atoms with E-state index < -0.39 is 0 Å². The predicted octanol–water partition coefficient (Wildman–Crippen LogP) is -1.32. The number of β-amino-alcohol motifs (C(OH)–C–C–N with tert-alkyl or cyclic N) is 1. The molecule has 2 aliphatic heterocycles. The maximum atomic E-state index is 12.6. The number of aliphatic hydroxyl groups is 1. The van der Waals surface area contributed by atoms with Crippen LogP contribution in [0.25, 0.3) is 0 Å². The van der Waals surface area contributed by atoms with Gasteiger partial charge in [-0.15, -0.1) is 0 Å². The number of rotatable bonds is 4. The second kappa shape index (κ2) is 7.89. The standard InChI is InChI=1S/C15H28N4O3/c1-13(17-5-3-16(4-6-17)11-12-20)15(22)19-9-7-18(8-10-19)14(2)21/h13,20H,3-12H2,1-2H3. The van der Waals surface area contributed by atoms with Crippen molar-refractivity contribution in [2.24, 2.45) is 0 Å². The van der Waals surface area contributed by atoms with Crippen LogP contribution in [0.4, 0.5) is 0 Å². The fourth-order valence-electron chi connectivity index (χ4n) is 3.18. The summed E-state index contributed by atoms with van der Waals surface area (Å²) in [5.74, 6) is 0.249. The molecular formula is C15H28N4O3. The van der Waals surface area contributed by atoms with Gasteiger partial charge in [0.1, 0.15) is 0 Å². The van der Waals surface area contributed by atoms with Crippen LogP contribution >= 0.6 is 0 Å². The Balaban J connectivity index is 1.79. The summed E-state index contributed by atoms with van der Waals surface area (Å²) in [6.45, 7) is 10.5. The van der Waals surface area contributed by atoms with Gasteiger partial charge in [0.05, 0.1) is 12.6 Å². The Kier molecular flexibility index (Phi) is 6.16. The molecule has 1 unspecified atom stereocenters. The molecular weight excluding hydrogens is 284 g/mol. The van der Waals surface area contributed by atoms with Crippen LogP contribution in [0.2, 0.25) is 0 Å². The lowest BCUT2D eigenvalue weighted by Crippen LogP contribution is -2.57. The second-order valence-corrected chi connectivity index (χ2v) is 6.11. The van der Waals surface area contributed by atoms with Gasteiger partial charge in [-0.1, -0.05) is 0 Å². The Hall–Kier alpha value is -1.18. The molecule has 0 saturated carbocycles. The second-order valence-electron chi connectivity index (χ2n) is 6.11. The molecule has 0 bridgehead atoms. The minimum absolute atomic E-state index is 0.0835. The smallest absolute Gasteiger partial charge is 0.239 e. The topological polar surface area (TPSA) is 67.3 Å². The van der Waals surface area contributed by atoms with Gasteiger partial charge in [0.2, 0.25) is 11.8 Å². The van der Waals surface area contributed by atoms with Gasteiger partial charge in [0, 0.05) is 65.8 Å². The van der Waals surface area contributed by atoms with Gasteiger partial charge in [-0.25, -0.2) is 0 Å². The summed E-state index contributed by atoms with van der Waals surface area (Å²) in [5.41, 5.74) is 0. The molecule has 0 aromatic carbocycles. The summed E-state index contributed by atoms with van der Waals surface area (Å²) in [7, 11) is 0. The van der Waals surface area contributed by atoms with Crippen molar-refractivity contribution in [2.75, 3.05) is 65.5 Å². The van der Waals surface area contributed by atoms with Crippen LogP contribution in [0.1, 0.15) is 13.8 Å². The third-order valence-corrected chi connectivity index (χ3v) is 4.76. The average Bonchev–Trinajstić information content (AvgIpc) is 2.54. The van der Waals surface area contributed by atoms with Crippen molar-refractivity contribution in [1.29, 1.82) is 0 Å². The highest BCUT2D eigenvalue weighted by Gasteiger charge is 2.30. The van der Waals surface area contributed by atoms with Crippen molar-refractivity contribution in [3.63, 3.8) is 0 Å². The number of piperazine rings is 2. The quantitative estimate of drug-likeness (QED) is 0.697. The van der Waals surface area contributed by atoms with E-state index in [1.54, 1.807) is 11.8 Å². The molecule has 7 heteroatoms. The van der Waals surface area contributed by atoms with Crippen LogP contribution in [0.3, 0.4) is 0 Å². The lowest BCUT2D eigenvalue weighted by Gasteiger charge is -2.40. The Labute approximate surface area is 132 Å². The van der Waals surface area contributed by atoms with Gasteiger partial charge in [-0.2, -0.15) is 0 Å². The molecule has 126 valence electrons. The van der Waals surface area contributed by atoms with Crippen LogP contribution in [0.15, 0.2) is 0 Å². The minimum Gasteiger partial charge on any atom is -0.395 e. The number of carbonyl (C=O) groups excluding carboxylic acids is 2. The normalized spacial score (nSPS) is 22.7. The van der Waals surface area contributed by atoms with Gasteiger partial charge in [-0.05, 0) is 6.92 Å². The molecule has 2 aliphatic rings. The zero-order valence-corrected chi connectivity index (χ0v) is 13.7. The summed E-state index contributed by atoms with van der Waals surface area (Å²) in [5, 5.41) is 8.97. The van der Waals surface area contributed by atoms with E-state index in [0.717, 1.165) is 26.2 Å². The van der Waals surface area contributed by atoms with Crippen LogP contribution in [0, 0.1) is 0 Å². The zero-order valence-electron chi connectivity index (χ0n) is 13.7. The Morgan fingerprint density at radius 1 is 0.955 bits per heavy atom. The van der Waals surface area contributed by atoms with E-state index in [0.29, 0.717) is 32.7 Å². The molecule has 1 atom stereocenters. The molecule has 1 N–H and O–H groups in total. The van der Waals surface area contributed by atoms with E-state index in [1.165, 1.54) is 0 Å². The fourth-order valence-corrected chi connectivity index (χ4v) is 3.18. The van der Waals surface area contributed by atoms with Gasteiger partial charge in [0.25, 0.3) is 0 Å². The minimum atomic E-state index is -0.111. The van der Waals surface area contributed by atoms with Crippen LogP contribution in [-0.4, -0.2) is 108 Å². The first-order valence-corrected chi connectivity index (χ1v) is 8.14. The monoisotopic (exact) mass is 312 g/mol. The molecule has 0 aromatic heterocycles. The molecule has 0 radical (unpaired) electrons. The lowest BCUT2D eigenvalue weighted by atomic mass is 10.2. The van der Waals surface area contributed by atoms with E-state index in [-0.39, 0.29) is 24.5 Å². The Morgan fingerprint density at radius 2 is 1.50 bits per heavy atom. The van der Waals surface area contributed by atoms with E-state index in [4.69, 9.17) is 5.11 Å². The summed E-state index contributed by atoms with van der Waals surface area (Å²) in [6.07, 6.45) is 0. The Bertz CT molecular complexity index is 388. The Morgan fingerprint density at radius 3 is 2.00 bits per heavy atom. The highest BCUT2D eigenvalue weighted by molar-refractivity contribution is 5.82. The molecule has 2 heterocycles. The number of hydrogen-bond donors (Lipinski definition) is 1. The molecule has 2 amide bonds. The van der Waals surface area contributed by atoms with Crippen molar-refractivity contribution in [2.45, 2.75) is 19.9 Å². The third kappa shape index (κ3) is 4.18. The highest BCUT2D eigenvalue weighted by Crippen LogP contribution is 2.11. The molecule has 2 fully saturated rings. The van der Waals surface area contributed by atoms with Crippen LogP contribution < -0.4 is 0 Å². The van der Waals surface area contributed by atoms with Gasteiger partial charge in [-0.3, -0.25) is 19.4 Å². The number of amides is 2. The SMILES string of the molecule is CC(=O)N1CCN(C(=O)C(C)N2CCN(CCO)CC2)CC1. The van der Waals surface area contributed by atoms with Crippen molar-refractivity contribution >= 4 is 11.8 Å². The van der Waals surface area contributed by atoms with Crippen LogP contribution in [0.5, 0.6) is 0 Å². The lowest BCUT2D eigenvalue weighted by molar-refractivity contribution is -0.142. The van der Waals surface area contributed by atoms with Crippen molar-refractivity contribution in [1.82, 2.24) is 19.6 Å². The predicted molar refractivity (Wildman–Crippen MR) is 83.4 cm³/mol. The summed E-state index contributed by atoms with van der Waals surface area (Å²) in [4.78, 5) is 32.1. The first-order valence-electron chi connectivity index (χ1n) is 8.14. The zero-order chi connectivity index (χ0) is 16.1. The maximum absolute atomic E-state index is 12.6. The molecule has 7 nitrogen and oxygen atoms in total. The average molecular weight is 312 g/mol. The maximum Gasteiger partial charge on any atom is 0.239 e. The van der Waals surface area contributed by atoms with Crippen molar-refractivity contribution in [3.8, 4) is 0 Å². The molecule has 0 aromatic rings. The molecule has 0 spiro atoms. The van der Waals surface area contributed by atoms with E-state index >= 15 is 0 Å². The van der Waals surface area contributed by atoms with Gasteiger partial charge < -0.3 is 14.9 Å². The highest BCUT2D eigenvalue weighted by atomic mass is 16.3. The van der Waals surface area contributed by atoms with E-state index in [1.807, 2.05) is 11.8 Å². The van der Waals surface area contributed by atoms with Gasteiger partial charge in [0.15, 0.2) is 0 Å². The van der Waals surface area contributed by atoms with E-state index in [2.05, 4.69) is 9.80 Å². The van der Waals surface area contributed by atoms with Crippen molar-refractivity contribution < 1.29 is 14.7 Å². The molecule has 22 heavy (non-hydrogen) atoms. The van der Waals surface area contributed by atoms with E-state index in [9.17, 15) is 9.59 Å². The van der Waals surface area contributed by atoms with Crippen LogP contribution in [-0.2, 0) is 9.59 Å². The summed E-state index contributed by atoms with van der Waals surface area (Å²) < 4.78 is 0. The van der Waals surface area contributed by atoms with Gasteiger partial charge >= 0.3 is 0 Å². The number of carbonyl (C=O) groups is 2. The number of hydrogen-bond acceptors (Lipinski definition) is 5. The number of nitrogens with zero attached hydrogens (tertiary/aromatic N) is 4. The fraction of sp³-hybridized carbons (Fsp3) is 0.867. The molecule has 2 saturated heterocycles. The largest absolute Gasteiger partial charge is 0.395 e. The summed E-state index contributed by atoms with van der Waals surface area (Å²) in [6, 6.07) is -0.111. The summed E-state index contributed by atoms with van der Waals surface area (Å²) >= 11 is 0. The third-order valence-electron chi connectivity index (χ3n) is 4.76. The number of aliphatic hydroxyl groups excluding tert-OH is 1. The first kappa shape index (κ1) is 17.2. The molecule has 0 aliphatic carbocycles. The van der Waals surface area contributed by atoms with Crippen molar-refractivity contribution in [3.05, 3.63) is 0 Å². The molecule has 2 rings (SSSR count).